The fourth-order valence-electron chi connectivity index (χ4n) is 2.46. The van der Waals surface area contributed by atoms with Gasteiger partial charge in [0, 0.05) is 31.7 Å². The number of rotatable bonds is 5. The Morgan fingerprint density at radius 1 is 1.23 bits per heavy atom. The molecule has 0 bridgehead atoms. The molecule has 1 N–H and O–H groups in total. The van der Waals surface area contributed by atoms with Crippen LogP contribution in [0.3, 0.4) is 0 Å². The lowest BCUT2D eigenvalue weighted by molar-refractivity contribution is -0.114. The van der Waals surface area contributed by atoms with E-state index < -0.39 is 28.9 Å². The van der Waals surface area contributed by atoms with Gasteiger partial charge in [0.05, 0.1) is 18.6 Å². The van der Waals surface area contributed by atoms with E-state index in [9.17, 15) is 22.8 Å². The number of ether oxygens (including phenoxy) is 1. The Labute approximate surface area is 153 Å². The predicted octanol–water partition coefficient (Wildman–Crippen LogP) is 2.27. The maximum absolute atomic E-state index is 12.6. The van der Waals surface area contributed by atoms with Crippen molar-refractivity contribution in [2.24, 2.45) is 0 Å². The quantitative estimate of drug-likeness (QED) is 0.835. The van der Waals surface area contributed by atoms with Crippen LogP contribution in [0.5, 0.6) is 5.75 Å². The summed E-state index contributed by atoms with van der Waals surface area (Å²) < 4.78 is 41.7. The number of benzene rings is 1. The summed E-state index contributed by atoms with van der Waals surface area (Å²) in [5.41, 5.74) is -3.98. The Kier molecular flexibility index (Phi) is 6.76. The first kappa shape index (κ1) is 20.4. The van der Waals surface area contributed by atoms with Crippen LogP contribution in [-0.2, 0) is 4.79 Å². The number of hydrogen-bond acceptors (Lipinski definition) is 5. The molecule has 2 rings (SSSR count). The van der Waals surface area contributed by atoms with Gasteiger partial charge in [0.15, 0.2) is 0 Å². The van der Waals surface area contributed by atoms with Crippen molar-refractivity contribution in [1.29, 1.82) is 0 Å². The van der Waals surface area contributed by atoms with Crippen LogP contribution in [0.1, 0.15) is 10.4 Å². The van der Waals surface area contributed by atoms with E-state index in [2.05, 4.69) is 10.2 Å². The molecule has 0 radical (unpaired) electrons. The van der Waals surface area contributed by atoms with Gasteiger partial charge in [-0.3, -0.25) is 9.59 Å². The van der Waals surface area contributed by atoms with Crippen LogP contribution in [0.4, 0.5) is 18.9 Å². The maximum Gasteiger partial charge on any atom is 0.442 e. The van der Waals surface area contributed by atoms with E-state index in [1.54, 1.807) is 11.0 Å². The number of anilines is 1. The van der Waals surface area contributed by atoms with E-state index in [1.165, 1.54) is 19.2 Å². The molecule has 1 heterocycles. The molecule has 0 aromatic heterocycles. The lowest BCUT2D eigenvalue weighted by Gasteiger charge is -2.32. The third-order valence-corrected chi connectivity index (χ3v) is 4.61. The average Bonchev–Trinajstić information content (AvgIpc) is 2.59. The van der Waals surface area contributed by atoms with Gasteiger partial charge in [0.1, 0.15) is 5.75 Å². The molecule has 1 aromatic rings. The van der Waals surface area contributed by atoms with Crippen molar-refractivity contribution in [1.82, 2.24) is 9.80 Å². The molecular formula is C16H20F3N3O3S. The Morgan fingerprint density at radius 2 is 1.88 bits per heavy atom. The van der Waals surface area contributed by atoms with Gasteiger partial charge < -0.3 is 19.9 Å². The summed E-state index contributed by atoms with van der Waals surface area (Å²) in [5, 5.41) is 2.38. The second-order valence-corrected chi connectivity index (χ2v) is 6.83. The smallest absolute Gasteiger partial charge is 0.442 e. The zero-order valence-electron chi connectivity index (χ0n) is 14.4. The number of nitrogens with one attached hydrogen (secondary N) is 1. The van der Waals surface area contributed by atoms with Gasteiger partial charge in [-0.25, -0.2) is 0 Å². The van der Waals surface area contributed by atoms with Gasteiger partial charge in [0.2, 0.25) is 5.91 Å². The summed E-state index contributed by atoms with van der Waals surface area (Å²) in [4.78, 5) is 28.2. The van der Waals surface area contributed by atoms with Crippen molar-refractivity contribution in [2.75, 3.05) is 51.4 Å². The molecule has 6 nitrogen and oxygen atoms in total. The van der Waals surface area contributed by atoms with Crippen LogP contribution < -0.4 is 10.1 Å². The predicted molar refractivity (Wildman–Crippen MR) is 93.5 cm³/mol. The number of nitrogens with zero attached hydrogens (tertiary/aromatic N) is 2. The molecule has 26 heavy (non-hydrogen) atoms. The number of amides is 2. The summed E-state index contributed by atoms with van der Waals surface area (Å²) in [6.45, 7) is 2.71. The minimum atomic E-state index is -4.49. The number of piperazine rings is 1. The zero-order chi connectivity index (χ0) is 19.3. The Bertz CT molecular complexity index is 662. The fourth-order valence-corrected chi connectivity index (χ4v) is 2.83. The molecule has 0 aliphatic carbocycles. The van der Waals surface area contributed by atoms with Crippen molar-refractivity contribution in [2.45, 2.75) is 5.51 Å². The van der Waals surface area contributed by atoms with Gasteiger partial charge in [0.25, 0.3) is 5.91 Å². The first-order valence-electron chi connectivity index (χ1n) is 7.86. The molecule has 0 atom stereocenters. The molecule has 144 valence electrons. The third kappa shape index (κ3) is 5.80. The molecule has 0 saturated carbocycles. The average molecular weight is 391 g/mol. The van der Waals surface area contributed by atoms with Crippen molar-refractivity contribution in [3.63, 3.8) is 0 Å². The number of thioether (sulfide) groups is 1. The molecular weight excluding hydrogens is 371 g/mol. The van der Waals surface area contributed by atoms with Crippen molar-refractivity contribution in [3.8, 4) is 5.75 Å². The first-order valence-corrected chi connectivity index (χ1v) is 8.84. The van der Waals surface area contributed by atoms with Crippen LogP contribution in [0, 0.1) is 0 Å². The summed E-state index contributed by atoms with van der Waals surface area (Å²) in [5.74, 6) is -1.52. The van der Waals surface area contributed by atoms with Crippen LogP contribution >= 0.6 is 11.8 Å². The third-order valence-electron chi connectivity index (χ3n) is 3.88. The highest BCUT2D eigenvalue weighted by atomic mass is 32.2. The molecule has 1 aliphatic rings. The second kappa shape index (κ2) is 8.63. The largest absolute Gasteiger partial charge is 0.495 e. The number of methoxy groups -OCH3 is 1. The van der Waals surface area contributed by atoms with E-state index in [-0.39, 0.29) is 17.3 Å². The van der Waals surface area contributed by atoms with E-state index in [4.69, 9.17) is 4.74 Å². The SMILES string of the molecule is COc1ccc(C(=O)N2CCN(C)CC2)cc1NC(=O)CSC(F)(F)F. The molecule has 1 aliphatic heterocycles. The summed E-state index contributed by atoms with van der Waals surface area (Å²) in [6.07, 6.45) is 0. The number of alkyl halides is 3. The lowest BCUT2D eigenvalue weighted by atomic mass is 10.1. The molecule has 1 saturated heterocycles. The van der Waals surface area contributed by atoms with Crippen LogP contribution in [0.25, 0.3) is 0 Å². The highest BCUT2D eigenvalue weighted by molar-refractivity contribution is 8.00. The molecule has 1 fully saturated rings. The van der Waals surface area contributed by atoms with Crippen LogP contribution in [0.2, 0.25) is 0 Å². The Hall–Kier alpha value is -1.94. The van der Waals surface area contributed by atoms with Gasteiger partial charge in [-0.1, -0.05) is 0 Å². The Balaban J connectivity index is 2.09. The highest BCUT2D eigenvalue weighted by Crippen LogP contribution is 2.31. The van der Waals surface area contributed by atoms with Gasteiger partial charge in [-0.2, -0.15) is 13.2 Å². The van der Waals surface area contributed by atoms with Crippen LogP contribution in [0.15, 0.2) is 18.2 Å². The van der Waals surface area contributed by atoms with Crippen molar-refractivity contribution in [3.05, 3.63) is 23.8 Å². The minimum absolute atomic E-state index is 0.167. The van der Waals surface area contributed by atoms with E-state index in [0.29, 0.717) is 18.7 Å². The second-order valence-electron chi connectivity index (χ2n) is 5.79. The van der Waals surface area contributed by atoms with E-state index >= 15 is 0 Å². The van der Waals surface area contributed by atoms with Gasteiger partial charge >= 0.3 is 5.51 Å². The number of hydrogen-bond donors (Lipinski definition) is 1. The summed E-state index contributed by atoms with van der Waals surface area (Å²) in [6, 6.07) is 4.51. The standard InChI is InChI=1S/C16H20F3N3O3S/c1-21-5-7-22(8-6-21)15(24)11-3-4-13(25-2)12(9-11)20-14(23)10-26-16(17,18)19/h3-4,9H,5-8,10H2,1-2H3,(H,20,23). The molecule has 10 heteroatoms. The summed E-state index contributed by atoms with van der Waals surface area (Å²) in [7, 11) is 3.35. The Morgan fingerprint density at radius 3 is 2.46 bits per heavy atom. The van der Waals surface area contributed by atoms with Crippen molar-refractivity contribution >= 4 is 29.3 Å². The molecule has 0 unspecified atom stereocenters. The van der Waals surface area contributed by atoms with Crippen LogP contribution in [-0.4, -0.2) is 73.2 Å². The number of likely N-dealkylation sites (N-methyl/N-ethyl adjacent to an activating group) is 1. The van der Waals surface area contributed by atoms with Gasteiger partial charge in [-0.05, 0) is 37.0 Å². The summed E-state index contributed by atoms with van der Waals surface area (Å²) >= 11 is -0.425. The molecule has 2 amide bonds. The number of carbonyl (C=O) groups excluding carboxylic acids is 2. The lowest BCUT2D eigenvalue weighted by Crippen LogP contribution is -2.47. The molecule has 1 aromatic carbocycles. The number of halogens is 3. The fraction of sp³-hybridized carbons (Fsp3) is 0.500. The monoisotopic (exact) mass is 391 g/mol. The van der Waals surface area contributed by atoms with E-state index in [1.807, 2.05) is 7.05 Å². The first-order chi connectivity index (χ1) is 12.2. The van der Waals surface area contributed by atoms with E-state index in [0.717, 1.165) is 13.1 Å². The maximum atomic E-state index is 12.6. The normalized spacial score (nSPS) is 15.7. The highest BCUT2D eigenvalue weighted by Gasteiger charge is 2.29. The number of carbonyl (C=O) groups is 2. The van der Waals surface area contributed by atoms with Crippen molar-refractivity contribution < 1.29 is 27.5 Å². The van der Waals surface area contributed by atoms with Gasteiger partial charge in [-0.15, -0.1) is 0 Å². The molecule has 0 spiro atoms. The zero-order valence-corrected chi connectivity index (χ0v) is 15.2. The minimum Gasteiger partial charge on any atom is -0.495 e. The topological polar surface area (TPSA) is 61.9 Å².